The Morgan fingerprint density at radius 2 is 1.84 bits per heavy atom. The molecule has 1 fully saturated rings. The first-order valence-electron chi connectivity index (χ1n) is 10.8. The van der Waals surface area contributed by atoms with Gasteiger partial charge in [0.15, 0.2) is 0 Å². The van der Waals surface area contributed by atoms with Gasteiger partial charge in [-0.05, 0) is 55.8 Å². The third kappa shape index (κ3) is 5.49. The Labute approximate surface area is 182 Å². The van der Waals surface area contributed by atoms with Crippen molar-refractivity contribution in [2.75, 3.05) is 26.7 Å². The van der Waals surface area contributed by atoms with E-state index in [2.05, 4.69) is 32.5 Å². The van der Waals surface area contributed by atoms with Gasteiger partial charge in [-0.3, -0.25) is 9.69 Å². The molecule has 2 aromatic carbocycles. The fourth-order valence-electron chi connectivity index (χ4n) is 3.91. The van der Waals surface area contributed by atoms with E-state index in [4.69, 9.17) is 9.15 Å². The summed E-state index contributed by atoms with van der Waals surface area (Å²) in [7, 11) is 1.67. The summed E-state index contributed by atoms with van der Waals surface area (Å²) < 4.78 is 11.0. The summed E-state index contributed by atoms with van der Waals surface area (Å²) in [5.41, 5.74) is 2.06. The molecule has 3 aromatic rings. The third-order valence-corrected chi connectivity index (χ3v) is 5.63. The predicted octanol–water partition coefficient (Wildman–Crippen LogP) is 3.63. The lowest BCUT2D eigenvalue weighted by Gasteiger charge is -2.28. The number of hydrogen-bond acceptors (Lipinski definition) is 6. The molecule has 1 amide bonds. The number of rotatable bonds is 9. The highest BCUT2D eigenvalue weighted by atomic mass is 16.5. The number of nitrogens with zero attached hydrogens (tertiary/aromatic N) is 3. The molecule has 7 nitrogen and oxygen atoms in total. The molecule has 0 spiro atoms. The highest BCUT2D eigenvalue weighted by molar-refractivity contribution is 5.76. The SMILES string of the molecule is COc1ccc(C(CNC(=O)CCc2nnc(-c3ccccc3)o2)N2CCCC2)cc1. The van der Waals surface area contributed by atoms with Crippen molar-refractivity contribution in [1.29, 1.82) is 0 Å². The molecule has 1 aliphatic rings. The summed E-state index contributed by atoms with van der Waals surface area (Å²) in [5, 5.41) is 11.2. The van der Waals surface area contributed by atoms with Gasteiger partial charge in [-0.2, -0.15) is 0 Å². The summed E-state index contributed by atoms with van der Waals surface area (Å²) >= 11 is 0. The number of nitrogens with one attached hydrogen (secondary N) is 1. The van der Waals surface area contributed by atoms with Crippen LogP contribution >= 0.6 is 0 Å². The summed E-state index contributed by atoms with van der Waals surface area (Å²) in [6.07, 6.45) is 3.12. The molecule has 1 N–H and O–H groups in total. The number of aromatic nitrogens is 2. The Hall–Kier alpha value is -3.19. The van der Waals surface area contributed by atoms with Gasteiger partial charge in [0.25, 0.3) is 0 Å². The van der Waals surface area contributed by atoms with Crippen LogP contribution in [0.2, 0.25) is 0 Å². The van der Waals surface area contributed by atoms with Crippen molar-refractivity contribution < 1.29 is 13.9 Å². The number of amides is 1. The van der Waals surface area contributed by atoms with Crippen molar-refractivity contribution >= 4 is 5.91 Å². The van der Waals surface area contributed by atoms with E-state index in [1.165, 1.54) is 18.4 Å². The van der Waals surface area contributed by atoms with E-state index in [0.29, 0.717) is 31.2 Å². The number of carbonyl (C=O) groups excluding carboxylic acids is 1. The second-order valence-electron chi connectivity index (χ2n) is 7.70. The third-order valence-electron chi connectivity index (χ3n) is 5.63. The number of likely N-dealkylation sites (tertiary alicyclic amines) is 1. The Balaban J connectivity index is 1.32. The van der Waals surface area contributed by atoms with Gasteiger partial charge in [0.1, 0.15) is 5.75 Å². The lowest BCUT2D eigenvalue weighted by atomic mass is 10.1. The zero-order chi connectivity index (χ0) is 21.5. The van der Waals surface area contributed by atoms with Gasteiger partial charge in [0, 0.05) is 24.9 Å². The molecule has 0 radical (unpaired) electrons. The van der Waals surface area contributed by atoms with E-state index in [1.54, 1.807) is 7.11 Å². The van der Waals surface area contributed by atoms with E-state index in [1.807, 2.05) is 42.5 Å². The Bertz CT molecular complexity index is 966. The van der Waals surface area contributed by atoms with E-state index >= 15 is 0 Å². The molecule has 7 heteroatoms. The van der Waals surface area contributed by atoms with Crippen molar-refractivity contribution in [3.05, 3.63) is 66.1 Å². The first-order valence-corrected chi connectivity index (χ1v) is 10.8. The van der Waals surface area contributed by atoms with Gasteiger partial charge in [-0.1, -0.05) is 30.3 Å². The summed E-state index contributed by atoms with van der Waals surface area (Å²) in [4.78, 5) is 14.9. The number of methoxy groups -OCH3 is 1. The molecule has 162 valence electrons. The van der Waals surface area contributed by atoms with Gasteiger partial charge in [0.05, 0.1) is 13.2 Å². The van der Waals surface area contributed by atoms with Crippen LogP contribution in [0.15, 0.2) is 59.0 Å². The van der Waals surface area contributed by atoms with Crippen molar-refractivity contribution in [1.82, 2.24) is 20.4 Å². The summed E-state index contributed by atoms with van der Waals surface area (Å²) in [6, 6.07) is 17.9. The lowest BCUT2D eigenvalue weighted by Crippen LogP contribution is -2.36. The minimum absolute atomic E-state index is 0.0165. The topological polar surface area (TPSA) is 80.5 Å². The highest BCUT2D eigenvalue weighted by Gasteiger charge is 2.24. The molecule has 1 aromatic heterocycles. The normalized spacial score (nSPS) is 15.0. The van der Waals surface area contributed by atoms with Gasteiger partial charge in [0.2, 0.25) is 17.7 Å². The Kier molecular flexibility index (Phi) is 6.94. The maximum atomic E-state index is 12.5. The monoisotopic (exact) mass is 420 g/mol. The van der Waals surface area contributed by atoms with Crippen LogP contribution in [0.3, 0.4) is 0 Å². The van der Waals surface area contributed by atoms with Crippen LogP contribution in [0, 0.1) is 0 Å². The van der Waals surface area contributed by atoms with Crippen molar-refractivity contribution in [2.24, 2.45) is 0 Å². The first kappa shape index (κ1) is 21.1. The number of aryl methyl sites for hydroxylation is 1. The molecule has 0 saturated carbocycles. The van der Waals surface area contributed by atoms with Crippen LogP contribution in [0.5, 0.6) is 5.75 Å². The second kappa shape index (κ2) is 10.2. The second-order valence-corrected chi connectivity index (χ2v) is 7.70. The van der Waals surface area contributed by atoms with Crippen LogP contribution in [0.4, 0.5) is 0 Å². The summed E-state index contributed by atoms with van der Waals surface area (Å²) in [5.74, 6) is 1.77. The van der Waals surface area contributed by atoms with Crippen LogP contribution < -0.4 is 10.1 Å². The first-order chi connectivity index (χ1) is 15.2. The van der Waals surface area contributed by atoms with Crippen LogP contribution in [-0.2, 0) is 11.2 Å². The van der Waals surface area contributed by atoms with Crippen molar-refractivity contribution in [3.8, 4) is 17.2 Å². The molecule has 1 saturated heterocycles. The standard InChI is InChI=1S/C24H28N4O3/c1-30-20-11-9-18(10-12-20)21(28-15-5-6-16-28)17-25-22(29)13-14-23-26-27-24(31-23)19-7-3-2-4-8-19/h2-4,7-12,21H,5-6,13-17H2,1H3,(H,25,29). The van der Waals surface area contributed by atoms with Crippen LogP contribution in [0.1, 0.15) is 36.8 Å². The minimum Gasteiger partial charge on any atom is -0.497 e. The van der Waals surface area contributed by atoms with Gasteiger partial charge < -0.3 is 14.5 Å². The van der Waals surface area contributed by atoms with Gasteiger partial charge in [-0.25, -0.2) is 0 Å². The van der Waals surface area contributed by atoms with Crippen molar-refractivity contribution in [3.63, 3.8) is 0 Å². The number of benzene rings is 2. The number of carbonyl (C=O) groups is 1. The molecule has 2 heterocycles. The molecular formula is C24H28N4O3. The Morgan fingerprint density at radius 1 is 1.10 bits per heavy atom. The maximum absolute atomic E-state index is 12.5. The molecule has 1 aliphatic heterocycles. The van der Waals surface area contributed by atoms with Gasteiger partial charge >= 0.3 is 0 Å². The molecule has 1 atom stereocenters. The van der Waals surface area contributed by atoms with E-state index in [0.717, 1.165) is 24.4 Å². The smallest absolute Gasteiger partial charge is 0.247 e. The molecular weight excluding hydrogens is 392 g/mol. The van der Waals surface area contributed by atoms with Crippen LogP contribution in [-0.4, -0.2) is 47.7 Å². The quantitative estimate of drug-likeness (QED) is 0.569. The fraction of sp³-hybridized carbons (Fsp3) is 0.375. The molecule has 1 unspecified atom stereocenters. The largest absolute Gasteiger partial charge is 0.497 e. The number of ether oxygens (including phenoxy) is 1. The fourth-order valence-corrected chi connectivity index (χ4v) is 3.91. The van der Waals surface area contributed by atoms with E-state index in [-0.39, 0.29) is 11.9 Å². The molecule has 31 heavy (non-hydrogen) atoms. The average molecular weight is 421 g/mol. The minimum atomic E-state index is -0.0165. The zero-order valence-corrected chi connectivity index (χ0v) is 17.8. The van der Waals surface area contributed by atoms with Gasteiger partial charge in [-0.15, -0.1) is 10.2 Å². The van der Waals surface area contributed by atoms with E-state index < -0.39 is 0 Å². The van der Waals surface area contributed by atoms with E-state index in [9.17, 15) is 4.79 Å². The average Bonchev–Trinajstić information content (AvgIpc) is 3.51. The lowest BCUT2D eigenvalue weighted by molar-refractivity contribution is -0.121. The zero-order valence-electron chi connectivity index (χ0n) is 17.8. The molecule has 0 aliphatic carbocycles. The maximum Gasteiger partial charge on any atom is 0.247 e. The van der Waals surface area contributed by atoms with Crippen molar-refractivity contribution in [2.45, 2.75) is 31.7 Å². The molecule has 4 rings (SSSR count). The Morgan fingerprint density at radius 3 is 2.55 bits per heavy atom. The van der Waals surface area contributed by atoms with Crippen LogP contribution in [0.25, 0.3) is 11.5 Å². The summed E-state index contributed by atoms with van der Waals surface area (Å²) in [6.45, 7) is 2.68. The highest BCUT2D eigenvalue weighted by Crippen LogP contribution is 2.26. The predicted molar refractivity (Wildman–Crippen MR) is 118 cm³/mol. The molecule has 0 bridgehead atoms. The number of hydrogen-bond donors (Lipinski definition) is 1.